The van der Waals surface area contributed by atoms with Crippen molar-refractivity contribution < 1.29 is 14.3 Å². The highest BCUT2D eigenvalue weighted by atomic mass is 16.5. The molecule has 0 aliphatic carbocycles. The van der Waals surface area contributed by atoms with E-state index in [0.29, 0.717) is 19.7 Å². The molecule has 26 heavy (non-hydrogen) atoms. The molecule has 136 valence electrons. The fourth-order valence-electron chi connectivity index (χ4n) is 3.56. The summed E-state index contributed by atoms with van der Waals surface area (Å²) >= 11 is 0. The van der Waals surface area contributed by atoms with E-state index in [0.717, 1.165) is 53.7 Å². The van der Waals surface area contributed by atoms with E-state index in [4.69, 9.17) is 14.5 Å². The van der Waals surface area contributed by atoms with E-state index in [-0.39, 0.29) is 6.09 Å². The number of rotatable bonds is 1. The van der Waals surface area contributed by atoms with E-state index < -0.39 is 0 Å². The smallest absolute Gasteiger partial charge is 0.409 e. The van der Waals surface area contributed by atoms with Crippen LogP contribution in [0.1, 0.15) is 22.6 Å². The molecule has 7 heteroatoms. The summed E-state index contributed by atoms with van der Waals surface area (Å²) in [6.45, 7) is 5.05. The summed E-state index contributed by atoms with van der Waals surface area (Å²) in [6.07, 6.45) is 0.475. The van der Waals surface area contributed by atoms with Gasteiger partial charge in [0.1, 0.15) is 24.0 Å². The van der Waals surface area contributed by atoms with Gasteiger partial charge in [0.25, 0.3) is 0 Å². The molecule has 1 fully saturated rings. The molecule has 2 aromatic rings. The lowest BCUT2D eigenvalue weighted by molar-refractivity contribution is 0.121. The molecule has 0 N–H and O–H groups in total. The molecule has 1 aromatic carbocycles. The van der Waals surface area contributed by atoms with E-state index in [9.17, 15) is 4.79 Å². The number of carbonyl (C=O) groups excluding carboxylic acids is 1. The van der Waals surface area contributed by atoms with E-state index in [1.165, 1.54) is 7.11 Å². The van der Waals surface area contributed by atoms with Crippen LogP contribution in [0, 0.1) is 6.92 Å². The average Bonchev–Trinajstić information content (AvgIpc) is 2.86. The first-order chi connectivity index (χ1) is 12.7. The van der Waals surface area contributed by atoms with Crippen molar-refractivity contribution in [3.05, 3.63) is 46.9 Å². The van der Waals surface area contributed by atoms with Gasteiger partial charge in [0.05, 0.1) is 12.8 Å². The Labute approximate surface area is 152 Å². The molecule has 1 amide bonds. The van der Waals surface area contributed by atoms with E-state index in [1.807, 2.05) is 25.1 Å². The number of anilines is 1. The maximum atomic E-state index is 11.7. The number of ether oxygens (including phenoxy) is 2. The Morgan fingerprint density at radius 3 is 2.69 bits per heavy atom. The number of piperazine rings is 1. The van der Waals surface area contributed by atoms with Gasteiger partial charge < -0.3 is 19.3 Å². The Kier molecular flexibility index (Phi) is 4.36. The second-order valence-corrected chi connectivity index (χ2v) is 6.54. The molecule has 0 spiro atoms. The Bertz CT molecular complexity index is 832. The minimum atomic E-state index is -0.273. The fraction of sp³-hybridized carbons (Fsp3) is 0.421. The largest absolute Gasteiger partial charge is 0.487 e. The van der Waals surface area contributed by atoms with Gasteiger partial charge in [-0.15, -0.1) is 0 Å². The summed E-state index contributed by atoms with van der Waals surface area (Å²) in [6, 6.07) is 8.09. The molecule has 1 aromatic heterocycles. The fourth-order valence-corrected chi connectivity index (χ4v) is 3.56. The Morgan fingerprint density at radius 2 is 1.92 bits per heavy atom. The maximum Gasteiger partial charge on any atom is 0.409 e. The third kappa shape index (κ3) is 3.05. The van der Waals surface area contributed by atoms with Crippen LogP contribution in [0.5, 0.6) is 5.75 Å². The van der Waals surface area contributed by atoms with Crippen molar-refractivity contribution in [3.8, 4) is 5.75 Å². The quantitative estimate of drug-likeness (QED) is 0.782. The molecule has 0 bridgehead atoms. The van der Waals surface area contributed by atoms with Crippen LogP contribution in [0.25, 0.3) is 0 Å². The standard InChI is InChI=1S/C19H22N4O3/c1-13-20-16-12-26-17-6-4-3-5-14(17)11-15(16)18(21-13)22-7-9-23(10-8-22)19(24)25-2/h3-6H,7-12H2,1-2H3. The maximum absolute atomic E-state index is 11.7. The van der Waals surface area contributed by atoms with Gasteiger partial charge in [0, 0.05) is 38.2 Å². The lowest BCUT2D eigenvalue weighted by atomic mass is 10.0. The monoisotopic (exact) mass is 354 g/mol. The Morgan fingerprint density at radius 1 is 1.15 bits per heavy atom. The van der Waals surface area contributed by atoms with Crippen LogP contribution in [0.3, 0.4) is 0 Å². The van der Waals surface area contributed by atoms with Crippen LogP contribution < -0.4 is 9.64 Å². The normalized spacial score (nSPS) is 16.2. The highest BCUT2D eigenvalue weighted by Crippen LogP contribution is 2.32. The summed E-state index contributed by atoms with van der Waals surface area (Å²) in [7, 11) is 1.42. The lowest BCUT2D eigenvalue weighted by Crippen LogP contribution is -2.49. The predicted octanol–water partition coefficient (Wildman–Crippen LogP) is 2.16. The van der Waals surface area contributed by atoms with Crippen LogP contribution in [-0.2, 0) is 17.8 Å². The zero-order valence-electron chi connectivity index (χ0n) is 15.1. The number of hydrogen-bond acceptors (Lipinski definition) is 6. The van der Waals surface area contributed by atoms with Crippen molar-refractivity contribution in [1.82, 2.24) is 14.9 Å². The van der Waals surface area contributed by atoms with E-state index >= 15 is 0 Å². The number of fused-ring (bicyclic) bond motifs is 2. The summed E-state index contributed by atoms with van der Waals surface area (Å²) in [5.74, 6) is 2.60. The number of amides is 1. The highest BCUT2D eigenvalue weighted by molar-refractivity contribution is 5.68. The first-order valence-corrected chi connectivity index (χ1v) is 8.80. The molecule has 0 radical (unpaired) electrons. The van der Waals surface area contributed by atoms with Crippen molar-refractivity contribution in [3.63, 3.8) is 0 Å². The lowest BCUT2D eigenvalue weighted by Gasteiger charge is -2.35. The summed E-state index contributed by atoms with van der Waals surface area (Å²) in [4.78, 5) is 25.0. The van der Waals surface area contributed by atoms with Crippen molar-refractivity contribution in [2.45, 2.75) is 20.0 Å². The molecular weight excluding hydrogens is 332 g/mol. The predicted molar refractivity (Wildman–Crippen MR) is 96.5 cm³/mol. The van der Waals surface area contributed by atoms with Gasteiger partial charge in [-0.3, -0.25) is 0 Å². The van der Waals surface area contributed by atoms with Crippen molar-refractivity contribution in [2.24, 2.45) is 0 Å². The van der Waals surface area contributed by atoms with Crippen molar-refractivity contribution in [1.29, 1.82) is 0 Å². The van der Waals surface area contributed by atoms with Crippen molar-refractivity contribution >= 4 is 11.9 Å². The molecule has 0 atom stereocenters. The summed E-state index contributed by atoms with van der Waals surface area (Å²) in [5.41, 5.74) is 3.21. The van der Waals surface area contributed by atoms with Crippen molar-refractivity contribution in [2.75, 3.05) is 38.2 Å². The Balaban J connectivity index is 1.64. The molecule has 7 nitrogen and oxygen atoms in total. The third-order valence-electron chi connectivity index (χ3n) is 4.90. The van der Waals surface area contributed by atoms with Gasteiger partial charge in [-0.2, -0.15) is 0 Å². The molecule has 0 saturated carbocycles. The van der Waals surface area contributed by atoms with Gasteiger partial charge in [-0.05, 0) is 18.6 Å². The number of aryl methyl sites for hydroxylation is 1. The van der Waals surface area contributed by atoms with Gasteiger partial charge in [0.15, 0.2) is 0 Å². The third-order valence-corrected chi connectivity index (χ3v) is 4.90. The summed E-state index contributed by atoms with van der Waals surface area (Å²) in [5, 5.41) is 0. The number of nitrogens with zero attached hydrogens (tertiary/aromatic N) is 4. The van der Waals surface area contributed by atoms with Crippen LogP contribution in [0.2, 0.25) is 0 Å². The number of hydrogen-bond donors (Lipinski definition) is 0. The topological polar surface area (TPSA) is 67.8 Å². The Hall–Kier alpha value is -2.83. The second-order valence-electron chi connectivity index (χ2n) is 6.54. The molecule has 2 aliphatic rings. The zero-order chi connectivity index (χ0) is 18.1. The number of aromatic nitrogens is 2. The number of para-hydroxylation sites is 1. The van der Waals surface area contributed by atoms with Crippen LogP contribution >= 0.6 is 0 Å². The SMILES string of the molecule is COC(=O)N1CCN(c2nc(C)nc3c2Cc2ccccc2OC3)CC1. The zero-order valence-corrected chi connectivity index (χ0v) is 15.1. The summed E-state index contributed by atoms with van der Waals surface area (Å²) < 4.78 is 10.8. The van der Waals surface area contributed by atoms with E-state index in [2.05, 4.69) is 16.0 Å². The minimum Gasteiger partial charge on any atom is -0.487 e. The first-order valence-electron chi connectivity index (χ1n) is 8.80. The second kappa shape index (κ2) is 6.82. The van der Waals surface area contributed by atoms with E-state index in [1.54, 1.807) is 4.90 Å². The number of benzene rings is 1. The molecule has 0 unspecified atom stereocenters. The number of methoxy groups -OCH3 is 1. The van der Waals surface area contributed by atoms with Gasteiger partial charge in [-0.1, -0.05) is 18.2 Å². The highest BCUT2D eigenvalue weighted by Gasteiger charge is 2.27. The van der Waals surface area contributed by atoms with Crippen LogP contribution in [0.4, 0.5) is 10.6 Å². The van der Waals surface area contributed by atoms with Gasteiger partial charge in [0.2, 0.25) is 0 Å². The molecular formula is C19H22N4O3. The van der Waals surface area contributed by atoms with Crippen LogP contribution in [0.15, 0.2) is 24.3 Å². The molecule has 4 rings (SSSR count). The molecule has 1 saturated heterocycles. The van der Waals surface area contributed by atoms with Crippen LogP contribution in [-0.4, -0.2) is 54.2 Å². The molecule has 3 heterocycles. The minimum absolute atomic E-state index is 0.273. The average molecular weight is 354 g/mol. The van der Waals surface area contributed by atoms with Gasteiger partial charge in [-0.25, -0.2) is 14.8 Å². The first kappa shape index (κ1) is 16.6. The van der Waals surface area contributed by atoms with Gasteiger partial charge >= 0.3 is 6.09 Å². The number of carbonyl (C=O) groups is 1. The molecule has 2 aliphatic heterocycles.